The summed E-state index contributed by atoms with van der Waals surface area (Å²) in [4.78, 5) is 23.2. The molecule has 2 amide bonds. The lowest BCUT2D eigenvalue weighted by Gasteiger charge is -2.26. The topological polar surface area (TPSA) is 106 Å². The maximum absolute atomic E-state index is 12.5. The van der Waals surface area contributed by atoms with Crippen LogP contribution in [0.4, 0.5) is 13.2 Å². The van der Waals surface area contributed by atoms with Gasteiger partial charge in [0.2, 0.25) is 11.8 Å². The highest BCUT2D eigenvalue weighted by Crippen LogP contribution is 2.30. The van der Waals surface area contributed by atoms with Crippen LogP contribution in [0.3, 0.4) is 0 Å². The van der Waals surface area contributed by atoms with Gasteiger partial charge in [-0.05, 0) is 37.1 Å². The molecule has 3 N–H and O–H groups in total. The first-order valence-corrected chi connectivity index (χ1v) is 8.43. The third-order valence-corrected chi connectivity index (χ3v) is 5.18. The average Bonchev–Trinajstić information content (AvgIpc) is 2.47. The summed E-state index contributed by atoms with van der Waals surface area (Å²) in [6.07, 6.45) is -4.66. The molecule has 10 heteroatoms. The molecule has 0 bridgehead atoms. The minimum absolute atomic E-state index is 0.0206. The monoisotopic (exact) mass is 366 g/mol. The van der Waals surface area contributed by atoms with E-state index in [1.807, 2.05) is 0 Å². The number of halogens is 3. The van der Waals surface area contributed by atoms with Crippen LogP contribution in [0.15, 0.2) is 29.2 Å². The largest absolute Gasteiger partial charge is 0.416 e. The fourth-order valence-electron chi connectivity index (χ4n) is 2.13. The van der Waals surface area contributed by atoms with Crippen LogP contribution in [0.2, 0.25) is 0 Å². The quantitative estimate of drug-likeness (QED) is 0.749. The summed E-state index contributed by atoms with van der Waals surface area (Å²) < 4.78 is 63.5. The van der Waals surface area contributed by atoms with Crippen molar-refractivity contribution in [3.8, 4) is 0 Å². The molecule has 0 radical (unpaired) electrons. The number of hydrogen-bond acceptors (Lipinski definition) is 4. The number of carbonyl (C=O) groups excluding carboxylic acids is 2. The summed E-state index contributed by atoms with van der Waals surface area (Å²) in [5.74, 6) is -2.09. The molecule has 1 aromatic rings. The van der Waals surface area contributed by atoms with Crippen molar-refractivity contribution in [2.45, 2.75) is 37.8 Å². The predicted molar refractivity (Wildman–Crippen MR) is 79.0 cm³/mol. The zero-order chi connectivity index (χ0) is 18.8. The highest BCUT2D eigenvalue weighted by atomic mass is 32.2. The van der Waals surface area contributed by atoms with Crippen molar-refractivity contribution >= 4 is 21.8 Å². The lowest BCUT2D eigenvalue weighted by molar-refractivity contribution is -0.141. The molecular weight excluding hydrogens is 349 g/mol. The molecule has 0 aliphatic heterocycles. The first kappa shape index (κ1) is 19.9. The first-order valence-electron chi connectivity index (χ1n) is 6.95. The molecule has 0 heterocycles. The Morgan fingerprint density at radius 1 is 1.08 bits per heavy atom. The van der Waals surface area contributed by atoms with E-state index >= 15 is 0 Å². The summed E-state index contributed by atoms with van der Waals surface area (Å²) in [6.45, 7) is 3.00. The maximum Gasteiger partial charge on any atom is 0.416 e. The van der Waals surface area contributed by atoms with E-state index in [9.17, 15) is 31.2 Å². The molecule has 1 aromatic carbocycles. The fraction of sp³-hybridized carbons (Fsp3) is 0.429. The summed E-state index contributed by atoms with van der Waals surface area (Å²) in [7, 11) is -4.43. The third kappa shape index (κ3) is 3.86. The van der Waals surface area contributed by atoms with E-state index < -0.39 is 43.9 Å². The van der Waals surface area contributed by atoms with E-state index in [4.69, 9.17) is 5.73 Å². The molecule has 0 spiro atoms. The van der Waals surface area contributed by atoms with Crippen molar-refractivity contribution in [3.63, 3.8) is 0 Å². The summed E-state index contributed by atoms with van der Waals surface area (Å²) in [5.41, 5.74) is 2.46. The number of carbonyl (C=O) groups is 2. The van der Waals surface area contributed by atoms with Gasteiger partial charge in [0.25, 0.3) is 10.0 Å². The van der Waals surface area contributed by atoms with Crippen molar-refractivity contribution < 1.29 is 31.2 Å². The molecule has 24 heavy (non-hydrogen) atoms. The van der Waals surface area contributed by atoms with Gasteiger partial charge < -0.3 is 5.73 Å². The van der Waals surface area contributed by atoms with Gasteiger partial charge in [0.05, 0.1) is 10.5 Å². The lowest BCUT2D eigenvalue weighted by Crippen LogP contribution is -2.50. The van der Waals surface area contributed by atoms with Gasteiger partial charge in [-0.3, -0.25) is 9.59 Å². The molecule has 0 aliphatic carbocycles. The molecule has 0 saturated heterocycles. The van der Waals surface area contributed by atoms with Crippen LogP contribution in [-0.4, -0.2) is 20.2 Å². The molecular formula is C14H17F3N2O4S. The Hall–Kier alpha value is -2.10. The van der Waals surface area contributed by atoms with Crippen molar-refractivity contribution in [1.82, 2.24) is 4.72 Å². The Balaban J connectivity index is 3.14. The number of nitrogens with one attached hydrogen (secondary N) is 1. The number of hydrogen-bond donors (Lipinski definition) is 2. The smallest absolute Gasteiger partial charge is 0.369 e. The summed E-state index contributed by atoms with van der Waals surface area (Å²) in [5, 5.41) is 0. The predicted octanol–water partition coefficient (Wildman–Crippen LogP) is 1.80. The first-order chi connectivity index (χ1) is 10.9. The molecule has 0 saturated carbocycles. The third-order valence-electron chi connectivity index (χ3n) is 3.83. The number of amides is 2. The fourth-order valence-corrected chi connectivity index (χ4v) is 3.18. The van der Waals surface area contributed by atoms with Crippen LogP contribution in [0.25, 0.3) is 0 Å². The highest BCUT2D eigenvalue weighted by Gasteiger charge is 2.43. The number of alkyl halides is 3. The van der Waals surface area contributed by atoms with Crippen LogP contribution in [0.5, 0.6) is 0 Å². The van der Waals surface area contributed by atoms with Gasteiger partial charge in [-0.1, -0.05) is 13.8 Å². The maximum atomic E-state index is 12.5. The Kier molecular flexibility index (Phi) is 5.65. The molecule has 0 aromatic heterocycles. The highest BCUT2D eigenvalue weighted by molar-refractivity contribution is 7.90. The van der Waals surface area contributed by atoms with Gasteiger partial charge in [0, 0.05) is 0 Å². The van der Waals surface area contributed by atoms with E-state index in [0.29, 0.717) is 12.1 Å². The van der Waals surface area contributed by atoms with Gasteiger partial charge in [-0.25, -0.2) is 13.1 Å². The lowest BCUT2D eigenvalue weighted by atomic mass is 9.81. The van der Waals surface area contributed by atoms with Crippen molar-refractivity contribution in [3.05, 3.63) is 29.8 Å². The number of primary amides is 1. The second-order valence-corrected chi connectivity index (χ2v) is 6.79. The molecule has 0 fully saturated rings. The van der Waals surface area contributed by atoms with E-state index in [2.05, 4.69) is 0 Å². The van der Waals surface area contributed by atoms with Gasteiger partial charge in [0.1, 0.15) is 5.41 Å². The molecule has 1 rings (SSSR count). The van der Waals surface area contributed by atoms with Crippen LogP contribution >= 0.6 is 0 Å². The molecule has 134 valence electrons. The Labute approximate surface area is 137 Å². The second kappa shape index (κ2) is 6.80. The van der Waals surface area contributed by atoms with Crippen molar-refractivity contribution in [2.75, 3.05) is 0 Å². The van der Waals surface area contributed by atoms with Crippen LogP contribution in [0.1, 0.15) is 32.3 Å². The number of sulfonamides is 1. The van der Waals surface area contributed by atoms with Gasteiger partial charge in [-0.2, -0.15) is 13.2 Å². The normalized spacial score (nSPS) is 12.7. The van der Waals surface area contributed by atoms with Crippen molar-refractivity contribution in [1.29, 1.82) is 0 Å². The van der Waals surface area contributed by atoms with Crippen LogP contribution in [0, 0.1) is 5.41 Å². The van der Waals surface area contributed by atoms with Gasteiger partial charge >= 0.3 is 6.18 Å². The van der Waals surface area contributed by atoms with Crippen LogP contribution < -0.4 is 10.5 Å². The SMILES string of the molecule is CCC(CC)(C(N)=O)C(=O)NS(=O)(=O)c1ccc(C(F)(F)F)cc1. The van der Waals surface area contributed by atoms with E-state index in [0.717, 1.165) is 12.1 Å². The van der Waals surface area contributed by atoms with Gasteiger partial charge in [-0.15, -0.1) is 0 Å². The Bertz CT molecular complexity index is 723. The summed E-state index contributed by atoms with van der Waals surface area (Å²) in [6, 6.07) is 2.62. The average molecular weight is 366 g/mol. The number of rotatable bonds is 6. The standard InChI is InChI=1S/C14H17F3N2O4S/c1-3-13(4-2,11(18)20)12(21)19-24(22,23)10-7-5-9(6-8-10)14(15,16)17/h5-8H,3-4H2,1-2H3,(H2,18,20)(H,19,21). The number of benzene rings is 1. The number of nitrogens with two attached hydrogens (primary N) is 1. The van der Waals surface area contributed by atoms with E-state index in [-0.39, 0.29) is 12.8 Å². The zero-order valence-corrected chi connectivity index (χ0v) is 13.8. The summed E-state index contributed by atoms with van der Waals surface area (Å²) >= 11 is 0. The zero-order valence-electron chi connectivity index (χ0n) is 13.0. The molecule has 0 aliphatic rings. The van der Waals surface area contributed by atoms with Crippen molar-refractivity contribution in [2.24, 2.45) is 11.1 Å². The Morgan fingerprint density at radius 2 is 1.54 bits per heavy atom. The second-order valence-electron chi connectivity index (χ2n) is 5.11. The molecule has 0 unspecified atom stereocenters. The minimum Gasteiger partial charge on any atom is -0.369 e. The Morgan fingerprint density at radius 3 is 1.88 bits per heavy atom. The van der Waals surface area contributed by atoms with E-state index in [1.54, 1.807) is 4.72 Å². The van der Waals surface area contributed by atoms with E-state index in [1.165, 1.54) is 13.8 Å². The molecule has 6 nitrogen and oxygen atoms in total. The molecule has 0 atom stereocenters. The minimum atomic E-state index is -4.61. The van der Waals surface area contributed by atoms with Gasteiger partial charge in [0.15, 0.2) is 0 Å². The van der Waals surface area contributed by atoms with Crippen LogP contribution in [-0.2, 0) is 25.8 Å².